The Kier molecular flexibility index (Phi) is 8.66. The number of aromatic nitrogens is 2. The summed E-state index contributed by atoms with van der Waals surface area (Å²) in [6.45, 7) is 7.24. The number of nitrogens with zero attached hydrogens (tertiary/aromatic N) is 1. The number of carboxylic acids is 1. The summed E-state index contributed by atoms with van der Waals surface area (Å²) >= 11 is 12.6. The lowest BCUT2D eigenvalue weighted by atomic mass is 9.82. The van der Waals surface area contributed by atoms with Crippen LogP contribution in [0.1, 0.15) is 56.2 Å². The molecule has 0 aliphatic rings. The van der Waals surface area contributed by atoms with Crippen LogP contribution >= 0.6 is 23.2 Å². The number of H-pyrrole nitrogens is 1. The van der Waals surface area contributed by atoms with Crippen LogP contribution in [0.25, 0.3) is 11.1 Å². The van der Waals surface area contributed by atoms with E-state index in [1.54, 1.807) is 43.6 Å². The Hall–Kier alpha value is -3.07. The number of carboxylic acid groups (broad SMARTS) is 1. The van der Waals surface area contributed by atoms with Crippen LogP contribution < -0.4 is 16.4 Å². The molecule has 10 heteroatoms. The lowest BCUT2D eigenvalue weighted by molar-refractivity contribution is -0.144. The van der Waals surface area contributed by atoms with Crippen LogP contribution in [0.4, 0.5) is 5.82 Å². The van der Waals surface area contributed by atoms with E-state index in [1.165, 1.54) is 6.92 Å². The Balaban J connectivity index is 1.86. The maximum atomic E-state index is 13.2. The first-order valence-electron chi connectivity index (χ1n) is 11.6. The zero-order valence-corrected chi connectivity index (χ0v) is 22.1. The molecule has 1 unspecified atom stereocenters. The van der Waals surface area contributed by atoms with Crippen molar-refractivity contribution >= 4 is 40.9 Å². The van der Waals surface area contributed by atoms with Gasteiger partial charge in [0.1, 0.15) is 17.1 Å². The first-order valence-corrected chi connectivity index (χ1v) is 12.3. The van der Waals surface area contributed by atoms with Crippen molar-refractivity contribution in [2.75, 3.05) is 5.32 Å². The van der Waals surface area contributed by atoms with Gasteiger partial charge >= 0.3 is 5.97 Å². The number of hydrogen-bond acceptors (Lipinski definition) is 5. The molecular formula is C26H31Cl2N5O3. The van der Waals surface area contributed by atoms with E-state index in [0.717, 1.165) is 16.7 Å². The van der Waals surface area contributed by atoms with Crippen molar-refractivity contribution in [3.05, 3.63) is 70.1 Å². The van der Waals surface area contributed by atoms with Gasteiger partial charge in [0.05, 0.1) is 11.1 Å². The summed E-state index contributed by atoms with van der Waals surface area (Å²) in [5.74, 6) is -1.25. The molecule has 1 aromatic carbocycles. The summed E-state index contributed by atoms with van der Waals surface area (Å²) in [5, 5.41) is 16.7. The molecule has 6 N–H and O–H groups in total. The molecule has 1 amide bonds. The SMILES string of the molecule is CC(C)Nc1cc(-c2c[nH]c(C(=O)NC(C[C@H](C)[C@](C)(N)C(=O)O)c3cccc(Cl)c3)c2)c(Cl)cn1. The molecule has 3 aromatic rings. The van der Waals surface area contributed by atoms with E-state index in [9.17, 15) is 14.7 Å². The molecule has 0 aliphatic heterocycles. The quantitative estimate of drug-likeness (QED) is 0.234. The molecule has 0 saturated heterocycles. The number of benzene rings is 1. The van der Waals surface area contributed by atoms with Crippen molar-refractivity contribution < 1.29 is 14.7 Å². The number of pyridine rings is 1. The molecular weight excluding hydrogens is 501 g/mol. The molecule has 192 valence electrons. The van der Waals surface area contributed by atoms with Gasteiger partial charge in [0.25, 0.3) is 5.91 Å². The number of aromatic amines is 1. The molecule has 3 atom stereocenters. The second-order valence-corrected chi connectivity index (χ2v) is 10.3. The highest BCUT2D eigenvalue weighted by Crippen LogP contribution is 2.31. The Labute approximate surface area is 220 Å². The Morgan fingerprint density at radius 1 is 1.19 bits per heavy atom. The number of anilines is 1. The lowest BCUT2D eigenvalue weighted by Crippen LogP contribution is -2.51. The summed E-state index contributed by atoms with van der Waals surface area (Å²) in [6, 6.07) is 10.3. The van der Waals surface area contributed by atoms with E-state index in [-0.39, 0.29) is 11.9 Å². The minimum atomic E-state index is -1.47. The van der Waals surface area contributed by atoms with Gasteiger partial charge in [-0.3, -0.25) is 9.59 Å². The molecule has 8 nitrogen and oxygen atoms in total. The summed E-state index contributed by atoms with van der Waals surface area (Å²) in [7, 11) is 0. The number of nitrogens with one attached hydrogen (secondary N) is 3. The molecule has 0 bridgehead atoms. The van der Waals surface area contributed by atoms with Crippen LogP contribution in [0.2, 0.25) is 10.0 Å². The third-order valence-corrected chi connectivity index (χ3v) is 6.70. The first kappa shape index (κ1) is 27.5. The van der Waals surface area contributed by atoms with Crippen LogP contribution in [-0.2, 0) is 4.79 Å². The van der Waals surface area contributed by atoms with E-state index in [2.05, 4.69) is 20.6 Å². The summed E-state index contributed by atoms with van der Waals surface area (Å²) in [6.07, 6.45) is 3.56. The van der Waals surface area contributed by atoms with E-state index >= 15 is 0 Å². The van der Waals surface area contributed by atoms with Crippen LogP contribution in [0, 0.1) is 5.92 Å². The van der Waals surface area contributed by atoms with E-state index in [1.807, 2.05) is 26.0 Å². The maximum absolute atomic E-state index is 13.2. The number of hydrogen-bond donors (Lipinski definition) is 5. The van der Waals surface area contributed by atoms with Crippen molar-refractivity contribution in [1.29, 1.82) is 0 Å². The van der Waals surface area contributed by atoms with Gasteiger partial charge in [0, 0.05) is 34.6 Å². The minimum Gasteiger partial charge on any atom is -0.480 e. The second kappa shape index (κ2) is 11.3. The van der Waals surface area contributed by atoms with E-state index in [0.29, 0.717) is 28.0 Å². The van der Waals surface area contributed by atoms with Gasteiger partial charge in [-0.25, -0.2) is 4.98 Å². The van der Waals surface area contributed by atoms with Crippen molar-refractivity contribution in [3.63, 3.8) is 0 Å². The fourth-order valence-electron chi connectivity index (χ4n) is 3.76. The third kappa shape index (κ3) is 6.57. The molecule has 0 spiro atoms. The number of carbonyl (C=O) groups is 2. The van der Waals surface area contributed by atoms with Crippen molar-refractivity contribution in [3.8, 4) is 11.1 Å². The summed E-state index contributed by atoms with van der Waals surface area (Å²) < 4.78 is 0. The van der Waals surface area contributed by atoms with Crippen molar-refractivity contribution in [2.24, 2.45) is 11.7 Å². The van der Waals surface area contributed by atoms with Crippen LogP contribution in [0.5, 0.6) is 0 Å². The molecule has 3 rings (SSSR count). The largest absolute Gasteiger partial charge is 0.480 e. The van der Waals surface area contributed by atoms with Gasteiger partial charge in [-0.05, 0) is 62.9 Å². The lowest BCUT2D eigenvalue weighted by Gasteiger charge is -2.31. The zero-order valence-electron chi connectivity index (χ0n) is 20.6. The maximum Gasteiger partial charge on any atom is 0.323 e. The van der Waals surface area contributed by atoms with Crippen LogP contribution in [-0.4, -0.2) is 38.5 Å². The van der Waals surface area contributed by atoms with Crippen LogP contribution in [0.15, 0.2) is 48.8 Å². The predicted molar refractivity (Wildman–Crippen MR) is 143 cm³/mol. The number of carbonyl (C=O) groups excluding carboxylic acids is 1. The van der Waals surface area contributed by atoms with Crippen LogP contribution in [0.3, 0.4) is 0 Å². The van der Waals surface area contributed by atoms with Gasteiger partial charge in [0.2, 0.25) is 0 Å². The number of halogens is 2. The van der Waals surface area contributed by atoms with E-state index < -0.39 is 23.5 Å². The fraction of sp³-hybridized carbons (Fsp3) is 0.346. The first-order chi connectivity index (χ1) is 16.9. The molecule has 36 heavy (non-hydrogen) atoms. The van der Waals surface area contributed by atoms with Gasteiger partial charge < -0.3 is 26.5 Å². The van der Waals surface area contributed by atoms with E-state index in [4.69, 9.17) is 28.9 Å². The Bertz CT molecular complexity index is 1240. The van der Waals surface area contributed by atoms with Gasteiger partial charge in [-0.1, -0.05) is 42.3 Å². The Morgan fingerprint density at radius 3 is 2.56 bits per heavy atom. The van der Waals surface area contributed by atoms with Gasteiger partial charge in [0.15, 0.2) is 0 Å². The number of rotatable bonds is 10. The predicted octanol–water partition coefficient (Wildman–Crippen LogP) is 5.50. The van der Waals surface area contributed by atoms with Gasteiger partial charge in [-0.2, -0.15) is 0 Å². The molecule has 2 heterocycles. The zero-order chi connectivity index (χ0) is 26.6. The summed E-state index contributed by atoms with van der Waals surface area (Å²) in [5.41, 5.74) is 7.11. The molecule has 0 radical (unpaired) electrons. The topological polar surface area (TPSA) is 133 Å². The number of amides is 1. The second-order valence-electron chi connectivity index (χ2n) is 9.46. The highest BCUT2D eigenvalue weighted by molar-refractivity contribution is 6.33. The molecule has 0 saturated carbocycles. The molecule has 0 aliphatic carbocycles. The Morgan fingerprint density at radius 2 is 1.92 bits per heavy atom. The van der Waals surface area contributed by atoms with Gasteiger partial charge in [-0.15, -0.1) is 0 Å². The molecule has 2 aromatic heterocycles. The monoisotopic (exact) mass is 531 g/mol. The fourth-order valence-corrected chi connectivity index (χ4v) is 4.17. The van der Waals surface area contributed by atoms with Crippen molar-refractivity contribution in [2.45, 2.75) is 51.7 Å². The minimum absolute atomic E-state index is 0.196. The average Bonchev–Trinajstić information content (AvgIpc) is 3.29. The van der Waals surface area contributed by atoms with Crippen molar-refractivity contribution in [1.82, 2.24) is 15.3 Å². The number of aliphatic carboxylic acids is 1. The smallest absolute Gasteiger partial charge is 0.323 e. The average molecular weight is 532 g/mol. The normalized spacial score (nSPS) is 14.7. The summed E-state index contributed by atoms with van der Waals surface area (Å²) in [4.78, 5) is 32.2. The highest BCUT2D eigenvalue weighted by atomic mass is 35.5. The number of nitrogens with two attached hydrogens (primary N) is 1. The molecule has 0 fully saturated rings. The third-order valence-electron chi connectivity index (χ3n) is 6.16. The highest BCUT2D eigenvalue weighted by Gasteiger charge is 2.36. The standard InChI is InChI=1S/C26H31Cl2N5O3/c1-14(2)32-23-11-19(20(28)13-31-23)17-10-22(30-12-17)24(34)33-21(16-6-5-7-18(27)9-16)8-15(3)26(4,29)25(35)36/h5-7,9-15,21,30H,8,29H2,1-4H3,(H,31,32)(H,33,34)(H,35,36)/t15-,21?,26-/m0/s1.